The van der Waals surface area contributed by atoms with Crippen LogP contribution in [0.25, 0.3) is 0 Å². The van der Waals surface area contributed by atoms with E-state index >= 15 is 0 Å². The molecule has 1 saturated carbocycles. The Kier molecular flexibility index (Phi) is 4.15. The summed E-state index contributed by atoms with van der Waals surface area (Å²) in [6, 6.07) is 0.765. The third kappa shape index (κ3) is 3.28. The molecular formula is C12H20N2S. The second kappa shape index (κ2) is 5.61. The van der Waals surface area contributed by atoms with Crippen LogP contribution in [0.3, 0.4) is 0 Å². The first-order valence-electron chi connectivity index (χ1n) is 5.99. The second-order valence-corrected chi connectivity index (χ2v) is 5.44. The van der Waals surface area contributed by atoms with Crippen molar-refractivity contribution in [3.05, 3.63) is 16.6 Å². The van der Waals surface area contributed by atoms with Crippen molar-refractivity contribution in [3.63, 3.8) is 0 Å². The predicted octanol–water partition coefficient (Wildman–Crippen LogP) is 3.17. The zero-order valence-electron chi connectivity index (χ0n) is 9.41. The standard InChI is InChI=1S/C12H20N2S/c1-10(12-13-7-8-15-12)9-14-11-5-3-2-4-6-11/h7-8,10-11,14H,2-6,9H2,1H3. The molecule has 1 aliphatic rings. The highest BCUT2D eigenvalue weighted by atomic mass is 32.1. The molecule has 1 heterocycles. The van der Waals surface area contributed by atoms with Gasteiger partial charge in [-0.15, -0.1) is 11.3 Å². The molecule has 1 N–H and O–H groups in total. The maximum atomic E-state index is 4.36. The Labute approximate surface area is 96.1 Å². The SMILES string of the molecule is CC(CNC1CCCCC1)c1nccs1. The molecule has 0 spiro atoms. The van der Waals surface area contributed by atoms with Gasteiger partial charge < -0.3 is 5.32 Å². The van der Waals surface area contributed by atoms with E-state index in [2.05, 4.69) is 22.6 Å². The Morgan fingerprint density at radius 3 is 2.93 bits per heavy atom. The minimum absolute atomic E-state index is 0.562. The Hall–Kier alpha value is -0.410. The first-order valence-corrected chi connectivity index (χ1v) is 6.87. The van der Waals surface area contributed by atoms with E-state index in [1.54, 1.807) is 11.3 Å². The van der Waals surface area contributed by atoms with Gasteiger partial charge in [0.2, 0.25) is 0 Å². The van der Waals surface area contributed by atoms with Crippen LogP contribution in [0.1, 0.15) is 50.0 Å². The summed E-state index contributed by atoms with van der Waals surface area (Å²) in [6.07, 6.45) is 8.87. The van der Waals surface area contributed by atoms with Crippen molar-refractivity contribution in [1.29, 1.82) is 0 Å². The number of hydrogen-bond acceptors (Lipinski definition) is 3. The van der Waals surface area contributed by atoms with Crippen LogP contribution in [0, 0.1) is 0 Å². The van der Waals surface area contributed by atoms with E-state index in [1.807, 2.05) is 6.20 Å². The lowest BCUT2D eigenvalue weighted by Crippen LogP contribution is -2.33. The average Bonchev–Trinajstić information content (AvgIpc) is 2.81. The summed E-state index contributed by atoms with van der Waals surface area (Å²) < 4.78 is 0. The second-order valence-electron chi connectivity index (χ2n) is 4.51. The average molecular weight is 224 g/mol. The number of nitrogens with one attached hydrogen (secondary N) is 1. The Bertz CT molecular complexity index is 265. The van der Waals surface area contributed by atoms with Gasteiger partial charge >= 0.3 is 0 Å². The first-order chi connectivity index (χ1) is 7.36. The van der Waals surface area contributed by atoms with Gasteiger partial charge in [0.15, 0.2) is 0 Å². The van der Waals surface area contributed by atoms with Gasteiger partial charge in [-0.1, -0.05) is 26.2 Å². The first kappa shape index (κ1) is 11.1. The smallest absolute Gasteiger partial charge is 0.0965 e. The Morgan fingerprint density at radius 1 is 1.47 bits per heavy atom. The van der Waals surface area contributed by atoms with Crippen LogP contribution in [-0.2, 0) is 0 Å². The molecule has 1 atom stereocenters. The molecule has 0 bridgehead atoms. The van der Waals surface area contributed by atoms with E-state index in [1.165, 1.54) is 37.1 Å². The summed E-state index contributed by atoms with van der Waals surface area (Å²) in [6.45, 7) is 3.34. The molecule has 1 aromatic rings. The fraction of sp³-hybridized carbons (Fsp3) is 0.750. The maximum Gasteiger partial charge on any atom is 0.0965 e. The number of thiazole rings is 1. The minimum atomic E-state index is 0.562. The van der Waals surface area contributed by atoms with Crippen molar-refractivity contribution in [2.75, 3.05) is 6.54 Å². The van der Waals surface area contributed by atoms with Crippen LogP contribution in [-0.4, -0.2) is 17.6 Å². The molecule has 0 aliphatic heterocycles. The van der Waals surface area contributed by atoms with Crippen LogP contribution in [0.4, 0.5) is 0 Å². The van der Waals surface area contributed by atoms with Gasteiger partial charge in [-0.25, -0.2) is 4.98 Å². The third-order valence-electron chi connectivity index (χ3n) is 3.19. The van der Waals surface area contributed by atoms with E-state index < -0.39 is 0 Å². The summed E-state index contributed by atoms with van der Waals surface area (Å²) in [5.74, 6) is 0.562. The maximum absolute atomic E-state index is 4.36. The zero-order valence-corrected chi connectivity index (χ0v) is 10.2. The van der Waals surface area contributed by atoms with Crippen LogP contribution in [0.5, 0.6) is 0 Å². The summed E-state index contributed by atoms with van der Waals surface area (Å²) >= 11 is 1.77. The highest BCUT2D eigenvalue weighted by molar-refractivity contribution is 7.09. The molecule has 2 rings (SSSR count). The monoisotopic (exact) mass is 224 g/mol. The predicted molar refractivity (Wildman–Crippen MR) is 65.4 cm³/mol. The Balaban J connectivity index is 1.73. The molecule has 1 unspecified atom stereocenters. The van der Waals surface area contributed by atoms with E-state index in [4.69, 9.17) is 0 Å². The van der Waals surface area contributed by atoms with Crippen molar-refractivity contribution in [3.8, 4) is 0 Å². The lowest BCUT2D eigenvalue weighted by atomic mass is 9.95. The number of nitrogens with zero attached hydrogens (tertiary/aromatic N) is 1. The highest BCUT2D eigenvalue weighted by Gasteiger charge is 2.14. The fourth-order valence-corrected chi connectivity index (χ4v) is 2.91. The summed E-state index contributed by atoms with van der Waals surface area (Å²) in [4.78, 5) is 4.36. The van der Waals surface area contributed by atoms with Gasteiger partial charge in [0.05, 0.1) is 5.01 Å². The van der Waals surface area contributed by atoms with Crippen molar-refractivity contribution in [2.24, 2.45) is 0 Å². The molecule has 0 saturated heterocycles. The van der Waals surface area contributed by atoms with E-state index in [0.29, 0.717) is 5.92 Å². The zero-order chi connectivity index (χ0) is 10.5. The number of aromatic nitrogens is 1. The van der Waals surface area contributed by atoms with Crippen molar-refractivity contribution < 1.29 is 0 Å². The van der Waals surface area contributed by atoms with Gasteiger partial charge in [0.25, 0.3) is 0 Å². The van der Waals surface area contributed by atoms with E-state index in [-0.39, 0.29) is 0 Å². The van der Waals surface area contributed by atoms with Gasteiger partial charge in [0, 0.05) is 30.1 Å². The highest BCUT2D eigenvalue weighted by Crippen LogP contribution is 2.20. The van der Waals surface area contributed by atoms with Crippen LogP contribution >= 0.6 is 11.3 Å². The van der Waals surface area contributed by atoms with Gasteiger partial charge in [0.1, 0.15) is 0 Å². The van der Waals surface area contributed by atoms with Crippen LogP contribution in [0.15, 0.2) is 11.6 Å². The van der Waals surface area contributed by atoms with Crippen molar-refractivity contribution >= 4 is 11.3 Å². The Morgan fingerprint density at radius 2 is 2.27 bits per heavy atom. The molecule has 0 aromatic carbocycles. The molecule has 15 heavy (non-hydrogen) atoms. The van der Waals surface area contributed by atoms with Crippen LogP contribution < -0.4 is 5.32 Å². The largest absolute Gasteiger partial charge is 0.313 e. The lowest BCUT2D eigenvalue weighted by molar-refractivity contribution is 0.367. The van der Waals surface area contributed by atoms with Crippen molar-refractivity contribution in [1.82, 2.24) is 10.3 Å². The number of rotatable bonds is 4. The van der Waals surface area contributed by atoms with Gasteiger partial charge in [-0.05, 0) is 12.8 Å². The summed E-state index contributed by atoms with van der Waals surface area (Å²) in [5.41, 5.74) is 0. The molecule has 2 nitrogen and oxygen atoms in total. The molecule has 84 valence electrons. The molecule has 0 radical (unpaired) electrons. The molecule has 1 aromatic heterocycles. The number of hydrogen-bond donors (Lipinski definition) is 1. The minimum Gasteiger partial charge on any atom is -0.313 e. The molecule has 1 aliphatic carbocycles. The quantitative estimate of drug-likeness (QED) is 0.849. The fourth-order valence-electron chi connectivity index (χ4n) is 2.22. The lowest BCUT2D eigenvalue weighted by Gasteiger charge is -2.24. The normalized spacial score (nSPS) is 20.3. The molecule has 1 fully saturated rings. The van der Waals surface area contributed by atoms with Gasteiger partial charge in [-0.3, -0.25) is 0 Å². The van der Waals surface area contributed by atoms with Crippen LogP contribution in [0.2, 0.25) is 0 Å². The van der Waals surface area contributed by atoms with Crippen molar-refractivity contribution in [2.45, 2.75) is 51.0 Å². The molecular weight excluding hydrogens is 204 g/mol. The topological polar surface area (TPSA) is 24.9 Å². The van der Waals surface area contributed by atoms with E-state index in [0.717, 1.165) is 12.6 Å². The molecule has 0 amide bonds. The molecule has 3 heteroatoms. The third-order valence-corrected chi connectivity index (χ3v) is 4.20. The summed E-state index contributed by atoms with van der Waals surface area (Å²) in [7, 11) is 0. The van der Waals surface area contributed by atoms with E-state index in [9.17, 15) is 0 Å². The van der Waals surface area contributed by atoms with Gasteiger partial charge in [-0.2, -0.15) is 0 Å². The summed E-state index contributed by atoms with van der Waals surface area (Å²) in [5, 5.41) is 7.00.